The third-order valence-electron chi connectivity index (χ3n) is 3.04. The number of carbonyl (C=O) groups is 2. The zero-order valence-corrected chi connectivity index (χ0v) is 12.2. The lowest BCUT2D eigenvalue weighted by molar-refractivity contribution is -0.384. The van der Waals surface area contributed by atoms with Crippen molar-refractivity contribution in [1.29, 1.82) is 0 Å². The molecule has 2 aromatic rings. The number of benzene rings is 2. The summed E-state index contributed by atoms with van der Waals surface area (Å²) in [7, 11) is 1.33. The van der Waals surface area contributed by atoms with E-state index in [1.807, 2.05) is 0 Å². The van der Waals surface area contributed by atoms with Crippen LogP contribution in [0.5, 0.6) is 5.75 Å². The number of hydrogen-bond acceptors (Lipinski definition) is 6. The summed E-state index contributed by atoms with van der Waals surface area (Å²) in [6, 6.07) is 11.9. The predicted octanol–water partition coefficient (Wildman–Crippen LogP) is 2.64. The third kappa shape index (κ3) is 3.91. The van der Waals surface area contributed by atoms with Gasteiger partial charge in [0.25, 0.3) is 5.69 Å². The maximum atomic E-state index is 12.1. The Morgan fingerprint density at radius 2 is 1.83 bits per heavy atom. The smallest absolute Gasteiger partial charge is 0.342 e. The summed E-state index contributed by atoms with van der Waals surface area (Å²) < 4.78 is 9.91. The molecule has 23 heavy (non-hydrogen) atoms. The number of ketones is 1. The molecular formula is C16H13NO6. The van der Waals surface area contributed by atoms with Crippen molar-refractivity contribution in [2.75, 3.05) is 13.7 Å². The number of nitro benzene ring substituents is 1. The summed E-state index contributed by atoms with van der Waals surface area (Å²) in [4.78, 5) is 34.1. The molecule has 0 spiro atoms. The van der Waals surface area contributed by atoms with Gasteiger partial charge < -0.3 is 9.47 Å². The summed E-state index contributed by atoms with van der Waals surface area (Å²) in [5, 5.41) is 10.8. The fourth-order valence-corrected chi connectivity index (χ4v) is 1.89. The number of nitro groups is 1. The predicted molar refractivity (Wildman–Crippen MR) is 80.7 cm³/mol. The summed E-state index contributed by atoms with van der Waals surface area (Å²) in [5.74, 6) is -1.11. The fraction of sp³-hybridized carbons (Fsp3) is 0.125. The molecule has 0 atom stereocenters. The Bertz CT molecular complexity index is 741. The highest BCUT2D eigenvalue weighted by Gasteiger charge is 2.19. The minimum atomic E-state index is -0.866. The van der Waals surface area contributed by atoms with Crippen LogP contribution in [0, 0.1) is 10.1 Å². The second-order valence-corrected chi connectivity index (χ2v) is 4.51. The molecule has 118 valence electrons. The molecule has 0 radical (unpaired) electrons. The first kappa shape index (κ1) is 16.2. The van der Waals surface area contributed by atoms with Gasteiger partial charge in [0, 0.05) is 17.7 Å². The Morgan fingerprint density at radius 1 is 1.13 bits per heavy atom. The van der Waals surface area contributed by atoms with E-state index in [4.69, 9.17) is 9.47 Å². The Labute approximate surface area is 131 Å². The zero-order valence-electron chi connectivity index (χ0n) is 12.2. The van der Waals surface area contributed by atoms with Gasteiger partial charge in [-0.15, -0.1) is 0 Å². The largest absolute Gasteiger partial charge is 0.496 e. The van der Waals surface area contributed by atoms with E-state index >= 15 is 0 Å². The van der Waals surface area contributed by atoms with E-state index in [2.05, 4.69) is 0 Å². The van der Waals surface area contributed by atoms with Gasteiger partial charge in [-0.1, -0.05) is 30.3 Å². The summed E-state index contributed by atoms with van der Waals surface area (Å²) in [5.41, 5.74) is 0.0287. The van der Waals surface area contributed by atoms with Crippen LogP contribution in [0.2, 0.25) is 0 Å². The van der Waals surface area contributed by atoms with Crippen LogP contribution < -0.4 is 4.74 Å². The maximum absolute atomic E-state index is 12.1. The van der Waals surface area contributed by atoms with E-state index in [9.17, 15) is 19.7 Å². The number of rotatable bonds is 6. The summed E-state index contributed by atoms with van der Waals surface area (Å²) >= 11 is 0. The monoisotopic (exact) mass is 315 g/mol. The lowest BCUT2D eigenvalue weighted by Gasteiger charge is -2.08. The lowest BCUT2D eigenvalue weighted by atomic mass is 10.1. The summed E-state index contributed by atoms with van der Waals surface area (Å²) in [6.07, 6.45) is 0. The van der Waals surface area contributed by atoms with E-state index in [0.29, 0.717) is 5.56 Å². The second-order valence-electron chi connectivity index (χ2n) is 4.51. The molecule has 0 N–H and O–H groups in total. The zero-order chi connectivity index (χ0) is 16.8. The van der Waals surface area contributed by atoms with Crippen LogP contribution in [0.25, 0.3) is 0 Å². The van der Waals surface area contributed by atoms with E-state index in [1.165, 1.54) is 19.2 Å². The van der Waals surface area contributed by atoms with Gasteiger partial charge in [0.1, 0.15) is 11.3 Å². The van der Waals surface area contributed by atoms with Gasteiger partial charge in [0.2, 0.25) is 0 Å². The van der Waals surface area contributed by atoms with Gasteiger partial charge in [0.15, 0.2) is 12.4 Å². The fourth-order valence-electron chi connectivity index (χ4n) is 1.89. The molecule has 0 aromatic heterocycles. The Hall–Kier alpha value is -3.22. The number of methoxy groups -OCH3 is 1. The van der Waals surface area contributed by atoms with Gasteiger partial charge >= 0.3 is 5.97 Å². The van der Waals surface area contributed by atoms with Crippen LogP contribution in [0.4, 0.5) is 5.69 Å². The quantitative estimate of drug-likeness (QED) is 0.352. The lowest BCUT2D eigenvalue weighted by Crippen LogP contribution is -2.15. The second kappa shape index (κ2) is 7.17. The standard InChI is InChI=1S/C16H13NO6/c1-22-15-8-7-12(17(20)21)9-13(15)16(19)23-10-14(18)11-5-3-2-4-6-11/h2-9H,10H2,1H3. The van der Waals surface area contributed by atoms with Gasteiger partial charge in [-0.25, -0.2) is 4.79 Å². The molecule has 7 nitrogen and oxygen atoms in total. The number of non-ortho nitro benzene ring substituents is 1. The van der Waals surface area contributed by atoms with Crippen molar-refractivity contribution in [3.63, 3.8) is 0 Å². The van der Waals surface area contributed by atoms with E-state index in [0.717, 1.165) is 6.07 Å². The van der Waals surface area contributed by atoms with E-state index in [1.54, 1.807) is 30.3 Å². The molecule has 0 aliphatic rings. The number of hydrogen-bond donors (Lipinski definition) is 0. The Kier molecular flexibility index (Phi) is 5.03. The number of ether oxygens (including phenoxy) is 2. The van der Waals surface area contributed by atoms with Crippen molar-refractivity contribution in [2.24, 2.45) is 0 Å². The minimum absolute atomic E-state index is 0.109. The topological polar surface area (TPSA) is 95.7 Å². The van der Waals surface area contributed by atoms with Crippen LogP contribution in [0.1, 0.15) is 20.7 Å². The van der Waals surface area contributed by atoms with Crippen molar-refractivity contribution in [3.8, 4) is 5.75 Å². The molecule has 0 aliphatic heterocycles. The van der Waals surface area contributed by atoms with Gasteiger partial charge in [-0.3, -0.25) is 14.9 Å². The molecule has 0 heterocycles. The first-order valence-corrected chi connectivity index (χ1v) is 6.60. The number of nitrogens with zero attached hydrogens (tertiary/aromatic N) is 1. The maximum Gasteiger partial charge on any atom is 0.342 e. The Balaban J connectivity index is 2.12. The van der Waals surface area contributed by atoms with Crippen LogP contribution in [-0.4, -0.2) is 30.4 Å². The number of Topliss-reactive ketones (excluding diaryl/α,β-unsaturated/α-hetero) is 1. The van der Waals surface area contributed by atoms with Crippen molar-refractivity contribution in [2.45, 2.75) is 0 Å². The van der Waals surface area contributed by atoms with Gasteiger partial charge in [-0.05, 0) is 6.07 Å². The molecule has 0 unspecified atom stereocenters. The highest BCUT2D eigenvalue weighted by Crippen LogP contribution is 2.24. The molecule has 2 aromatic carbocycles. The van der Waals surface area contributed by atoms with E-state index in [-0.39, 0.29) is 22.8 Å². The summed E-state index contributed by atoms with van der Waals surface area (Å²) in [6.45, 7) is -0.464. The van der Waals surface area contributed by atoms with Gasteiger partial charge in [0.05, 0.1) is 12.0 Å². The van der Waals surface area contributed by atoms with Crippen molar-refractivity contribution < 1.29 is 24.0 Å². The first-order chi connectivity index (χ1) is 11.0. The number of esters is 1. The molecule has 0 aliphatic carbocycles. The highest BCUT2D eigenvalue weighted by molar-refractivity contribution is 6.00. The van der Waals surface area contributed by atoms with Crippen molar-refractivity contribution >= 4 is 17.4 Å². The minimum Gasteiger partial charge on any atom is -0.496 e. The van der Waals surface area contributed by atoms with Crippen LogP contribution >= 0.6 is 0 Å². The highest BCUT2D eigenvalue weighted by atomic mass is 16.6. The third-order valence-corrected chi connectivity index (χ3v) is 3.04. The molecule has 0 amide bonds. The van der Waals surface area contributed by atoms with E-state index < -0.39 is 17.5 Å². The first-order valence-electron chi connectivity index (χ1n) is 6.60. The Morgan fingerprint density at radius 3 is 2.43 bits per heavy atom. The molecule has 2 rings (SSSR count). The average molecular weight is 315 g/mol. The SMILES string of the molecule is COc1ccc([N+](=O)[O-])cc1C(=O)OCC(=O)c1ccccc1. The molecule has 0 saturated heterocycles. The van der Waals surface area contributed by atoms with Crippen LogP contribution in [-0.2, 0) is 4.74 Å². The average Bonchev–Trinajstić information content (AvgIpc) is 2.59. The van der Waals surface area contributed by atoms with Crippen molar-refractivity contribution in [1.82, 2.24) is 0 Å². The molecule has 7 heteroatoms. The van der Waals surface area contributed by atoms with Gasteiger partial charge in [-0.2, -0.15) is 0 Å². The molecular weight excluding hydrogens is 302 g/mol. The number of carbonyl (C=O) groups excluding carboxylic acids is 2. The molecule has 0 fully saturated rings. The van der Waals surface area contributed by atoms with Crippen molar-refractivity contribution in [3.05, 3.63) is 69.8 Å². The molecule has 0 saturated carbocycles. The molecule has 0 bridgehead atoms. The van der Waals surface area contributed by atoms with Crippen LogP contribution in [0.15, 0.2) is 48.5 Å². The normalized spacial score (nSPS) is 9.96. The van der Waals surface area contributed by atoms with Crippen LogP contribution in [0.3, 0.4) is 0 Å².